The molecule has 0 unspecified atom stereocenters. The maximum atomic E-state index is 12.9. The molecule has 2 aromatic heterocycles. The minimum atomic E-state index is -4.47. The van der Waals surface area contributed by atoms with Crippen molar-refractivity contribution in [3.63, 3.8) is 0 Å². The third-order valence-electron chi connectivity index (χ3n) is 4.14. The molecule has 5 nitrogen and oxygen atoms in total. The van der Waals surface area contributed by atoms with Gasteiger partial charge in [0.25, 0.3) is 0 Å². The van der Waals surface area contributed by atoms with E-state index in [1.54, 1.807) is 12.1 Å². The number of alkyl halides is 3. The van der Waals surface area contributed by atoms with Crippen molar-refractivity contribution >= 4 is 11.6 Å². The molecule has 3 aromatic rings. The molecule has 2 heterocycles. The van der Waals surface area contributed by atoms with E-state index in [0.717, 1.165) is 24.5 Å². The molecule has 26 heavy (non-hydrogen) atoms. The molecule has 0 saturated heterocycles. The second kappa shape index (κ2) is 6.42. The predicted molar refractivity (Wildman–Crippen MR) is 86.9 cm³/mol. The number of nitrogens with zero attached hydrogens (tertiary/aromatic N) is 4. The fraction of sp³-hybridized carbons (Fsp3) is 0.353. The van der Waals surface area contributed by atoms with Gasteiger partial charge in [-0.05, 0) is 36.6 Å². The number of halogens is 4. The van der Waals surface area contributed by atoms with Crippen LogP contribution in [0.1, 0.15) is 47.5 Å². The highest BCUT2D eigenvalue weighted by molar-refractivity contribution is 6.30. The average molecular weight is 383 g/mol. The summed E-state index contributed by atoms with van der Waals surface area (Å²) in [4.78, 5) is 0. The second-order valence-corrected chi connectivity index (χ2v) is 6.72. The Hall–Kier alpha value is -2.35. The van der Waals surface area contributed by atoms with Gasteiger partial charge in [-0.3, -0.25) is 4.68 Å². The van der Waals surface area contributed by atoms with Gasteiger partial charge in [0, 0.05) is 16.6 Å². The van der Waals surface area contributed by atoms with Crippen LogP contribution in [0.15, 0.2) is 34.7 Å². The number of benzene rings is 1. The van der Waals surface area contributed by atoms with Crippen molar-refractivity contribution in [3.05, 3.63) is 64.1 Å². The molecule has 0 bridgehead atoms. The van der Waals surface area contributed by atoms with E-state index in [1.807, 2.05) is 12.1 Å². The first kappa shape index (κ1) is 17.1. The largest absolute Gasteiger partial charge is 0.435 e. The molecule has 0 spiro atoms. The molecule has 0 radical (unpaired) electrons. The molecule has 1 aromatic carbocycles. The van der Waals surface area contributed by atoms with Gasteiger partial charge in [-0.2, -0.15) is 18.3 Å². The minimum Gasteiger partial charge on any atom is -0.423 e. The molecule has 0 aliphatic heterocycles. The van der Waals surface area contributed by atoms with Crippen LogP contribution in [-0.4, -0.2) is 20.0 Å². The normalized spacial score (nSPS) is 14.8. The Labute approximate surface area is 151 Å². The lowest BCUT2D eigenvalue weighted by Gasteiger charge is -2.03. The first-order valence-electron chi connectivity index (χ1n) is 8.09. The zero-order chi connectivity index (χ0) is 18.3. The lowest BCUT2D eigenvalue weighted by Crippen LogP contribution is -2.09. The maximum Gasteiger partial charge on any atom is 0.435 e. The van der Waals surface area contributed by atoms with Gasteiger partial charge in [0.15, 0.2) is 5.69 Å². The van der Waals surface area contributed by atoms with Crippen LogP contribution in [0.2, 0.25) is 5.02 Å². The van der Waals surface area contributed by atoms with Crippen LogP contribution in [0, 0.1) is 0 Å². The maximum absolute atomic E-state index is 12.9. The van der Waals surface area contributed by atoms with Gasteiger partial charge < -0.3 is 4.42 Å². The van der Waals surface area contributed by atoms with Crippen LogP contribution >= 0.6 is 11.6 Å². The van der Waals surface area contributed by atoms with Crippen LogP contribution in [0.25, 0.3) is 0 Å². The summed E-state index contributed by atoms with van der Waals surface area (Å²) in [7, 11) is 0. The molecule has 1 aliphatic carbocycles. The van der Waals surface area contributed by atoms with E-state index < -0.39 is 11.9 Å². The number of aromatic nitrogens is 4. The van der Waals surface area contributed by atoms with Crippen molar-refractivity contribution < 1.29 is 17.6 Å². The lowest BCUT2D eigenvalue weighted by molar-refractivity contribution is -0.141. The quantitative estimate of drug-likeness (QED) is 0.654. The summed E-state index contributed by atoms with van der Waals surface area (Å²) in [6, 6.07) is 8.36. The van der Waals surface area contributed by atoms with Gasteiger partial charge >= 0.3 is 6.18 Å². The monoisotopic (exact) mass is 382 g/mol. The van der Waals surface area contributed by atoms with Crippen molar-refractivity contribution in [2.24, 2.45) is 0 Å². The SMILES string of the molecule is FC(F)(F)c1cc(C2CC2)n(Cc2nnc(Cc3cccc(Cl)c3)o2)n1. The summed E-state index contributed by atoms with van der Waals surface area (Å²) >= 11 is 5.95. The molecule has 1 fully saturated rings. The second-order valence-electron chi connectivity index (χ2n) is 6.28. The fourth-order valence-corrected chi connectivity index (χ4v) is 2.99. The van der Waals surface area contributed by atoms with Crippen molar-refractivity contribution in [1.82, 2.24) is 20.0 Å². The van der Waals surface area contributed by atoms with Crippen LogP contribution in [0.4, 0.5) is 13.2 Å². The minimum absolute atomic E-state index is 0.0183. The van der Waals surface area contributed by atoms with Crippen LogP contribution in [-0.2, 0) is 19.1 Å². The molecule has 1 saturated carbocycles. The Bertz CT molecular complexity index is 930. The van der Waals surface area contributed by atoms with E-state index >= 15 is 0 Å². The molecule has 136 valence electrons. The molecule has 9 heteroatoms. The standard InChI is InChI=1S/C17H14ClF3N4O/c18-12-3-1-2-10(6-12)7-15-22-23-16(26-15)9-25-13(11-4-5-11)8-14(24-25)17(19,20)21/h1-3,6,8,11H,4-5,7,9H2. The molecule has 0 N–H and O–H groups in total. The highest BCUT2D eigenvalue weighted by atomic mass is 35.5. The van der Waals surface area contributed by atoms with Crippen molar-refractivity contribution in [3.8, 4) is 0 Å². The van der Waals surface area contributed by atoms with E-state index in [9.17, 15) is 13.2 Å². The van der Waals surface area contributed by atoms with Crippen molar-refractivity contribution in [2.75, 3.05) is 0 Å². The van der Waals surface area contributed by atoms with Gasteiger partial charge in [-0.15, -0.1) is 10.2 Å². The summed E-state index contributed by atoms with van der Waals surface area (Å²) in [6.45, 7) is 0.0183. The highest BCUT2D eigenvalue weighted by Gasteiger charge is 2.38. The summed E-state index contributed by atoms with van der Waals surface area (Å²) in [5.41, 5.74) is 0.579. The van der Waals surface area contributed by atoms with Gasteiger partial charge in [0.2, 0.25) is 11.8 Å². The average Bonchev–Trinajstić information content (AvgIpc) is 3.17. The third kappa shape index (κ3) is 3.75. The Kier molecular flexibility index (Phi) is 4.22. The Morgan fingerprint density at radius 3 is 2.62 bits per heavy atom. The van der Waals surface area contributed by atoms with Gasteiger partial charge in [0.05, 0.1) is 6.42 Å². The smallest absolute Gasteiger partial charge is 0.423 e. The first-order valence-corrected chi connectivity index (χ1v) is 8.47. The van der Waals surface area contributed by atoms with E-state index in [2.05, 4.69) is 15.3 Å². The van der Waals surface area contributed by atoms with Gasteiger partial charge in [0.1, 0.15) is 6.54 Å². The number of rotatable bonds is 5. The van der Waals surface area contributed by atoms with Crippen LogP contribution in [0.3, 0.4) is 0 Å². The topological polar surface area (TPSA) is 56.7 Å². The fourth-order valence-electron chi connectivity index (χ4n) is 2.78. The van der Waals surface area contributed by atoms with Crippen molar-refractivity contribution in [2.45, 2.75) is 37.9 Å². The predicted octanol–water partition coefficient (Wildman–Crippen LogP) is 4.45. The Balaban J connectivity index is 1.53. The summed E-state index contributed by atoms with van der Waals surface area (Å²) in [5.74, 6) is 0.714. The molecule has 1 aliphatic rings. The third-order valence-corrected chi connectivity index (χ3v) is 4.37. The van der Waals surface area contributed by atoms with E-state index in [4.69, 9.17) is 16.0 Å². The molecule has 4 rings (SSSR count). The Morgan fingerprint density at radius 2 is 1.92 bits per heavy atom. The lowest BCUT2D eigenvalue weighted by atomic mass is 10.1. The first-order chi connectivity index (χ1) is 12.4. The van der Waals surface area contributed by atoms with Gasteiger partial charge in [-0.1, -0.05) is 23.7 Å². The van der Waals surface area contributed by atoms with E-state index in [0.29, 0.717) is 23.0 Å². The molecular formula is C17H14ClF3N4O. The van der Waals surface area contributed by atoms with Crippen LogP contribution < -0.4 is 0 Å². The van der Waals surface area contributed by atoms with E-state index in [1.165, 1.54) is 4.68 Å². The summed E-state index contributed by atoms with van der Waals surface area (Å²) in [6.07, 6.45) is -2.34. The number of hydrogen-bond acceptors (Lipinski definition) is 4. The summed E-state index contributed by atoms with van der Waals surface area (Å²) < 4.78 is 45.7. The molecular weight excluding hydrogens is 369 g/mol. The van der Waals surface area contributed by atoms with E-state index in [-0.39, 0.29) is 18.4 Å². The highest BCUT2D eigenvalue weighted by Crippen LogP contribution is 2.42. The number of hydrogen-bond donors (Lipinski definition) is 0. The molecule has 0 amide bonds. The zero-order valence-electron chi connectivity index (χ0n) is 13.5. The molecule has 0 atom stereocenters. The van der Waals surface area contributed by atoms with Crippen LogP contribution in [0.5, 0.6) is 0 Å². The Morgan fingerprint density at radius 1 is 1.15 bits per heavy atom. The van der Waals surface area contributed by atoms with Crippen molar-refractivity contribution in [1.29, 1.82) is 0 Å². The summed E-state index contributed by atoms with van der Waals surface area (Å²) in [5, 5.41) is 12.2. The zero-order valence-corrected chi connectivity index (χ0v) is 14.3. The van der Waals surface area contributed by atoms with Gasteiger partial charge in [-0.25, -0.2) is 0 Å².